The average Bonchev–Trinajstić information content (AvgIpc) is 2.31. The van der Waals surface area contributed by atoms with Gasteiger partial charge in [0.25, 0.3) is 0 Å². The third-order valence-corrected chi connectivity index (χ3v) is 3.97. The van der Waals surface area contributed by atoms with Crippen LogP contribution in [0.2, 0.25) is 0 Å². The monoisotopic (exact) mass is 336 g/mol. The van der Waals surface area contributed by atoms with Crippen molar-refractivity contribution >= 4 is 32.3 Å². The van der Waals surface area contributed by atoms with Crippen molar-refractivity contribution in [2.24, 2.45) is 0 Å². The molecule has 0 spiro atoms. The molecule has 0 aliphatic rings. The first-order valence-electron chi connectivity index (χ1n) is 5.18. The summed E-state index contributed by atoms with van der Waals surface area (Å²) < 4.78 is 33.6. The molecule has 1 aromatic carbocycles. The van der Waals surface area contributed by atoms with E-state index in [1.807, 2.05) is 0 Å². The molecule has 18 heavy (non-hydrogen) atoms. The standard InChI is InChI=1S/C11H13BrO5S/c1-3-4-18(14,15)17-11-9(12)5-8(7-13)6-10(11)16-2/h5-7H,3-4H2,1-2H3. The summed E-state index contributed by atoms with van der Waals surface area (Å²) in [5.74, 6) is 0.153. The van der Waals surface area contributed by atoms with Crippen molar-refractivity contribution in [1.29, 1.82) is 0 Å². The maximum absolute atomic E-state index is 11.6. The Hall–Kier alpha value is -1.08. The van der Waals surface area contributed by atoms with Crippen LogP contribution < -0.4 is 8.92 Å². The fraction of sp³-hybridized carbons (Fsp3) is 0.364. The van der Waals surface area contributed by atoms with Crippen molar-refractivity contribution < 1.29 is 22.1 Å². The summed E-state index contributed by atoms with van der Waals surface area (Å²) >= 11 is 3.16. The molecule has 0 bridgehead atoms. The number of carbonyl (C=O) groups excluding carboxylic acids is 1. The Kier molecular flexibility index (Phi) is 5.15. The molecule has 0 amide bonds. The van der Waals surface area contributed by atoms with Gasteiger partial charge in [-0.1, -0.05) is 6.92 Å². The van der Waals surface area contributed by atoms with E-state index in [9.17, 15) is 13.2 Å². The Morgan fingerprint density at radius 3 is 2.56 bits per heavy atom. The second-order valence-corrected chi connectivity index (χ2v) is 6.04. The van der Waals surface area contributed by atoms with Gasteiger partial charge in [-0.15, -0.1) is 0 Å². The first-order valence-corrected chi connectivity index (χ1v) is 7.55. The molecular formula is C11H13BrO5S. The Labute approximate surface area is 114 Å². The summed E-state index contributed by atoms with van der Waals surface area (Å²) in [5, 5.41) is 0. The number of ether oxygens (including phenoxy) is 1. The number of aldehydes is 1. The highest BCUT2D eigenvalue weighted by molar-refractivity contribution is 9.10. The second-order valence-electron chi connectivity index (χ2n) is 3.50. The molecular weight excluding hydrogens is 324 g/mol. The molecule has 0 saturated carbocycles. The lowest BCUT2D eigenvalue weighted by Crippen LogP contribution is -2.14. The Bertz CT molecular complexity index is 539. The van der Waals surface area contributed by atoms with Gasteiger partial charge in [0.05, 0.1) is 17.3 Å². The second kappa shape index (κ2) is 6.19. The SMILES string of the molecule is CCCS(=O)(=O)Oc1c(Br)cc(C=O)cc1OC. The Morgan fingerprint density at radius 2 is 2.06 bits per heavy atom. The highest BCUT2D eigenvalue weighted by Gasteiger charge is 2.19. The van der Waals surface area contributed by atoms with Crippen LogP contribution in [0.1, 0.15) is 23.7 Å². The van der Waals surface area contributed by atoms with Gasteiger partial charge in [0.15, 0.2) is 11.5 Å². The minimum absolute atomic E-state index is 0.0524. The molecule has 0 radical (unpaired) electrons. The lowest BCUT2D eigenvalue weighted by atomic mass is 10.2. The van der Waals surface area contributed by atoms with E-state index >= 15 is 0 Å². The summed E-state index contributed by atoms with van der Waals surface area (Å²) in [6, 6.07) is 2.88. The van der Waals surface area contributed by atoms with Gasteiger partial charge in [-0.25, -0.2) is 0 Å². The van der Waals surface area contributed by atoms with Crippen LogP contribution in [-0.4, -0.2) is 27.6 Å². The fourth-order valence-corrected chi connectivity index (χ4v) is 2.96. The smallest absolute Gasteiger partial charge is 0.309 e. The summed E-state index contributed by atoms with van der Waals surface area (Å²) in [7, 11) is -2.29. The van der Waals surface area contributed by atoms with Gasteiger partial charge < -0.3 is 8.92 Å². The topological polar surface area (TPSA) is 69.7 Å². The number of rotatable bonds is 6. The van der Waals surface area contributed by atoms with Crippen molar-refractivity contribution in [2.75, 3.05) is 12.9 Å². The van der Waals surface area contributed by atoms with Crippen molar-refractivity contribution in [3.05, 3.63) is 22.2 Å². The van der Waals surface area contributed by atoms with Gasteiger partial charge in [0, 0.05) is 5.56 Å². The zero-order valence-electron chi connectivity index (χ0n) is 9.97. The molecule has 0 aliphatic heterocycles. The van der Waals surface area contributed by atoms with Crippen LogP contribution in [0.25, 0.3) is 0 Å². The van der Waals surface area contributed by atoms with E-state index in [4.69, 9.17) is 8.92 Å². The van der Waals surface area contributed by atoms with Gasteiger partial charge in [-0.3, -0.25) is 4.79 Å². The lowest BCUT2D eigenvalue weighted by molar-refractivity contribution is 0.112. The molecule has 1 rings (SSSR count). The molecule has 1 aromatic rings. The van der Waals surface area contributed by atoms with Crippen LogP contribution in [-0.2, 0) is 10.1 Å². The van der Waals surface area contributed by atoms with Crippen LogP contribution in [0.4, 0.5) is 0 Å². The molecule has 0 fully saturated rings. The lowest BCUT2D eigenvalue weighted by Gasteiger charge is -2.12. The zero-order valence-corrected chi connectivity index (χ0v) is 12.4. The van der Waals surface area contributed by atoms with Crippen LogP contribution in [0.15, 0.2) is 16.6 Å². The maximum Gasteiger partial charge on any atom is 0.309 e. The minimum Gasteiger partial charge on any atom is -0.493 e. The molecule has 7 heteroatoms. The normalized spacial score (nSPS) is 11.1. The number of hydrogen-bond acceptors (Lipinski definition) is 5. The van der Waals surface area contributed by atoms with E-state index in [1.54, 1.807) is 6.92 Å². The number of benzene rings is 1. The number of carbonyl (C=O) groups is 1. The van der Waals surface area contributed by atoms with E-state index in [-0.39, 0.29) is 17.3 Å². The maximum atomic E-state index is 11.6. The van der Waals surface area contributed by atoms with Gasteiger partial charge in [0.1, 0.15) is 6.29 Å². The van der Waals surface area contributed by atoms with Crippen LogP contribution in [0.3, 0.4) is 0 Å². The summed E-state index contributed by atoms with van der Waals surface area (Å²) in [6.45, 7) is 1.74. The molecule has 0 aliphatic carbocycles. The third-order valence-electron chi connectivity index (χ3n) is 2.05. The molecule has 0 atom stereocenters. The van der Waals surface area contributed by atoms with Crippen LogP contribution in [0, 0.1) is 0 Å². The summed E-state index contributed by atoms with van der Waals surface area (Å²) in [4.78, 5) is 10.7. The molecule has 100 valence electrons. The van der Waals surface area contributed by atoms with Gasteiger partial charge in [-0.2, -0.15) is 8.42 Å². The van der Waals surface area contributed by atoms with Gasteiger partial charge in [0.2, 0.25) is 0 Å². The van der Waals surface area contributed by atoms with E-state index in [1.165, 1.54) is 19.2 Å². The molecule has 0 N–H and O–H groups in total. The largest absolute Gasteiger partial charge is 0.493 e. The minimum atomic E-state index is -3.66. The Morgan fingerprint density at radius 1 is 1.39 bits per heavy atom. The first-order chi connectivity index (χ1) is 8.43. The first kappa shape index (κ1) is 15.0. The van der Waals surface area contributed by atoms with E-state index < -0.39 is 10.1 Å². The summed E-state index contributed by atoms with van der Waals surface area (Å²) in [6.07, 6.45) is 1.09. The van der Waals surface area contributed by atoms with E-state index in [0.717, 1.165) is 0 Å². The Balaban J connectivity index is 3.20. The number of methoxy groups -OCH3 is 1. The molecule has 0 aromatic heterocycles. The quantitative estimate of drug-likeness (QED) is 0.589. The molecule has 0 saturated heterocycles. The average molecular weight is 337 g/mol. The van der Waals surface area contributed by atoms with E-state index in [2.05, 4.69) is 15.9 Å². The third kappa shape index (κ3) is 3.71. The van der Waals surface area contributed by atoms with Crippen molar-refractivity contribution in [2.45, 2.75) is 13.3 Å². The highest BCUT2D eigenvalue weighted by Crippen LogP contribution is 2.37. The molecule has 0 unspecified atom stereocenters. The highest BCUT2D eigenvalue weighted by atomic mass is 79.9. The van der Waals surface area contributed by atoms with Crippen molar-refractivity contribution in [3.63, 3.8) is 0 Å². The number of halogens is 1. The summed E-state index contributed by atoms with van der Waals surface area (Å²) in [5.41, 5.74) is 0.360. The zero-order chi connectivity index (χ0) is 13.8. The fourth-order valence-electron chi connectivity index (χ4n) is 1.31. The molecule has 0 heterocycles. The van der Waals surface area contributed by atoms with Crippen LogP contribution >= 0.6 is 15.9 Å². The van der Waals surface area contributed by atoms with Crippen molar-refractivity contribution in [1.82, 2.24) is 0 Å². The van der Waals surface area contributed by atoms with Crippen molar-refractivity contribution in [3.8, 4) is 11.5 Å². The van der Waals surface area contributed by atoms with Crippen LogP contribution in [0.5, 0.6) is 11.5 Å². The predicted octanol–water partition coefficient (Wildman–Crippen LogP) is 2.39. The van der Waals surface area contributed by atoms with E-state index in [0.29, 0.717) is 22.7 Å². The van der Waals surface area contributed by atoms with Gasteiger partial charge in [-0.05, 0) is 34.5 Å². The predicted molar refractivity (Wildman–Crippen MR) is 70.8 cm³/mol. The van der Waals surface area contributed by atoms with Gasteiger partial charge >= 0.3 is 10.1 Å². The number of hydrogen-bond donors (Lipinski definition) is 0. The molecule has 5 nitrogen and oxygen atoms in total.